The highest BCUT2D eigenvalue weighted by molar-refractivity contribution is 6.17. The molecule has 7 aromatic rings. The fourth-order valence-corrected chi connectivity index (χ4v) is 4.46. The first-order valence-corrected chi connectivity index (χ1v) is 9.57. The van der Waals surface area contributed by atoms with Crippen molar-refractivity contribution in [1.82, 2.24) is 0 Å². The van der Waals surface area contributed by atoms with Crippen LogP contribution in [0.2, 0.25) is 0 Å². The minimum atomic E-state index is 0.254. The van der Waals surface area contributed by atoms with E-state index in [0.717, 1.165) is 54.6 Å². The minimum Gasteiger partial charge on any atom is -0.508 e. The molecule has 7 rings (SSSR count). The Balaban J connectivity index is 1.60. The predicted molar refractivity (Wildman–Crippen MR) is 118 cm³/mol. The molecule has 0 spiro atoms. The SMILES string of the molecule is Oc1ccc2cc3c(cc2c1)oc1cc2c(cc13)oc1cc3ccccc3cc12. The molecular weight excluding hydrogens is 360 g/mol. The summed E-state index contributed by atoms with van der Waals surface area (Å²) in [4.78, 5) is 0. The Morgan fingerprint density at radius 3 is 1.59 bits per heavy atom. The largest absolute Gasteiger partial charge is 0.508 e. The van der Waals surface area contributed by atoms with Crippen LogP contribution in [-0.2, 0) is 0 Å². The van der Waals surface area contributed by atoms with Gasteiger partial charge in [0, 0.05) is 21.5 Å². The number of phenolic OH excluding ortho intramolecular Hbond substituents is 1. The fraction of sp³-hybridized carbons (Fsp3) is 0. The van der Waals surface area contributed by atoms with E-state index in [9.17, 15) is 5.11 Å². The second kappa shape index (κ2) is 5.09. The summed E-state index contributed by atoms with van der Waals surface area (Å²) in [7, 11) is 0. The van der Waals surface area contributed by atoms with Crippen molar-refractivity contribution in [1.29, 1.82) is 0 Å². The first-order valence-electron chi connectivity index (χ1n) is 9.57. The van der Waals surface area contributed by atoms with E-state index >= 15 is 0 Å². The number of hydrogen-bond donors (Lipinski definition) is 1. The predicted octanol–water partition coefficient (Wildman–Crippen LogP) is 7.50. The topological polar surface area (TPSA) is 46.5 Å². The normalized spacial score (nSPS) is 12.3. The van der Waals surface area contributed by atoms with Gasteiger partial charge in [-0.1, -0.05) is 30.3 Å². The Morgan fingerprint density at radius 2 is 0.931 bits per heavy atom. The summed E-state index contributed by atoms with van der Waals surface area (Å²) in [6.07, 6.45) is 0. The third-order valence-corrected chi connectivity index (χ3v) is 5.87. The molecule has 3 heteroatoms. The number of rotatable bonds is 0. The van der Waals surface area contributed by atoms with E-state index in [1.807, 2.05) is 18.2 Å². The van der Waals surface area contributed by atoms with Crippen molar-refractivity contribution in [2.75, 3.05) is 0 Å². The molecule has 2 aromatic heterocycles. The summed E-state index contributed by atoms with van der Waals surface area (Å²) in [6, 6.07) is 26.2. The number of benzene rings is 5. The molecule has 29 heavy (non-hydrogen) atoms. The van der Waals surface area contributed by atoms with Crippen LogP contribution >= 0.6 is 0 Å². The first-order chi connectivity index (χ1) is 14.2. The van der Waals surface area contributed by atoms with Gasteiger partial charge in [0.1, 0.15) is 28.1 Å². The van der Waals surface area contributed by atoms with Gasteiger partial charge in [-0.25, -0.2) is 0 Å². The molecule has 0 amide bonds. The highest BCUT2D eigenvalue weighted by Gasteiger charge is 2.14. The molecule has 0 saturated carbocycles. The summed E-state index contributed by atoms with van der Waals surface area (Å²) >= 11 is 0. The van der Waals surface area contributed by atoms with Crippen LogP contribution in [0.5, 0.6) is 5.75 Å². The van der Waals surface area contributed by atoms with Crippen LogP contribution in [0, 0.1) is 0 Å². The third kappa shape index (κ3) is 2.02. The van der Waals surface area contributed by atoms with Crippen LogP contribution in [0.25, 0.3) is 65.4 Å². The van der Waals surface area contributed by atoms with Gasteiger partial charge < -0.3 is 13.9 Å². The smallest absolute Gasteiger partial charge is 0.136 e. The van der Waals surface area contributed by atoms with E-state index in [4.69, 9.17) is 8.83 Å². The quantitative estimate of drug-likeness (QED) is 0.299. The van der Waals surface area contributed by atoms with Crippen molar-refractivity contribution < 1.29 is 13.9 Å². The Hall–Kier alpha value is -3.98. The summed E-state index contributed by atoms with van der Waals surface area (Å²) in [5.41, 5.74) is 3.39. The summed E-state index contributed by atoms with van der Waals surface area (Å²) < 4.78 is 12.4. The Morgan fingerprint density at radius 1 is 0.448 bits per heavy atom. The van der Waals surface area contributed by atoms with Crippen molar-refractivity contribution >= 4 is 65.4 Å². The lowest BCUT2D eigenvalue weighted by Crippen LogP contribution is -1.73. The average molecular weight is 374 g/mol. The Kier molecular flexibility index (Phi) is 2.63. The maximum absolute atomic E-state index is 9.78. The Labute approximate surface area is 164 Å². The van der Waals surface area contributed by atoms with E-state index in [0.29, 0.717) is 0 Å². The van der Waals surface area contributed by atoms with Gasteiger partial charge in [-0.2, -0.15) is 0 Å². The van der Waals surface area contributed by atoms with Gasteiger partial charge >= 0.3 is 0 Å². The fourth-order valence-electron chi connectivity index (χ4n) is 4.46. The molecule has 3 nitrogen and oxygen atoms in total. The molecule has 0 saturated heterocycles. The number of hydrogen-bond acceptors (Lipinski definition) is 3. The number of fused-ring (bicyclic) bond motifs is 8. The van der Waals surface area contributed by atoms with E-state index in [1.54, 1.807) is 12.1 Å². The molecule has 0 fully saturated rings. The van der Waals surface area contributed by atoms with Gasteiger partial charge in [-0.05, 0) is 70.1 Å². The number of furan rings is 2. The first kappa shape index (κ1) is 15.0. The van der Waals surface area contributed by atoms with Crippen LogP contribution < -0.4 is 0 Å². The lowest BCUT2D eigenvalue weighted by Gasteiger charge is -1.99. The number of aromatic hydroxyl groups is 1. The van der Waals surface area contributed by atoms with Gasteiger partial charge in [-0.15, -0.1) is 0 Å². The second-order valence-electron chi connectivity index (χ2n) is 7.62. The third-order valence-electron chi connectivity index (χ3n) is 5.87. The standard InChI is InChI=1S/C26H14O3/c27-18-6-5-16-9-20-22-13-25-21(12-26(22)29-24(20)11-17(16)7-18)19-8-14-3-1-2-4-15(14)10-23(19)28-25/h1-13,27H. The van der Waals surface area contributed by atoms with Crippen molar-refractivity contribution in [3.63, 3.8) is 0 Å². The van der Waals surface area contributed by atoms with Crippen molar-refractivity contribution in [3.8, 4) is 5.75 Å². The minimum absolute atomic E-state index is 0.254. The molecule has 0 bridgehead atoms. The molecular formula is C26H14O3. The highest BCUT2D eigenvalue weighted by Crippen LogP contribution is 2.39. The maximum atomic E-state index is 9.78. The van der Waals surface area contributed by atoms with Crippen LogP contribution in [0.3, 0.4) is 0 Å². The molecule has 0 aliphatic rings. The van der Waals surface area contributed by atoms with Crippen molar-refractivity contribution in [3.05, 3.63) is 78.9 Å². The second-order valence-corrected chi connectivity index (χ2v) is 7.62. The molecule has 1 N–H and O–H groups in total. The average Bonchev–Trinajstić information content (AvgIpc) is 3.25. The summed E-state index contributed by atoms with van der Waals surface area (Å²) in [6.45, 7) is 0. The van der Waals surface area contributed by atoms with Gasteiger partial charge in [0.15, 0.2) is 0 Å². The molecule has 136 valence electrons. The highest BCUT2D eigenvalue weighted by atomic mass is 16.3. The van der Waals surface area contributed by atoms with Crippen LogP contribution in [-0.4, -0.2) is 5.11 Å². The van der Waals surface area contributed by atoms with E-state index < -0.39 is 0 Å². The van der Waals surface area contributed by atoms with Crippen LogP contribution in [0.1, 0.15) is 0 Å². The van der Waals surface area contributed by atoms with Crippen LogP contribution in [0.15, 0.2) is 87.7 Å². The zero-order valence-corrected chi connectivity index (χ0v) is 15.3. The molecule has 5 aromatic carbocycles. The Bertz CT molecular complexity index is 1770. The zero-order chi connectivity index (χ0) is 19.1. The summed E-state index contributed by atoms with van der Waals surface area (Å²) in [5, 5.41) is 18.4. The van der Waals surface area contributed by atoms with Crippen molar-refractivity contribution in [2.45, 2.75) is 0 Å². The van der Waals surface area contributed by atoms with Crippen LogP contribution in [0.4, 0.5) is 0 Å². The molecule has 0 aliphatic carbocycles. The van der Waals surface area contributed by atoms with E-state index in [2.05, 4.69) is 48.5 Å². The molecule has 2 heterocycles. The molecule has 0 atom stereocenters. The summed E-state index contributed by atoms with van der Waals surface area (Å²) in [5.74, 6) is 0.254. The molecule has 0 aliphatic heterocycles. The lowest BCUT2D eigenvalue weighted by atomic mass is 10.0. The number of phenols is 1. The molecule has 0 radical (unpaired) electrons. The zero-order valence-electron chi connectivity index (χ0n) is 15.3. The lowest BCUT2D eigenvalue weighted by molar-refractivity contribution is 0.476. The van der Waals surface area contributed by atoms with Gasteiger partial charge in [0.2, 0.25) is 0 Å². The van der Waals surface area contributed by atoms with E-state index in [1.165, 1.54) is 10.8 Å². The maximum Gasteiger partial charge on any atom is 0.136 e. The van der Waals surface area contributed by atoms with Gasteiger partial charge in [0.25, 0.3) is 0 Å². The van der Waals surface area contributed by atoms with Gasteiger partial charge in [-0.3, -0.25) is 0 Å². The van der Waals surface area contributed by atoms with Gasteiger partial charge in [0.05, 0.1) is 0 Å². The van der Waals surface area contributed by atoms with Crippen molar-refractivity contribution in [2.24, 2.45) is 0 Å². The monoisotopic (exact) mass is 374 g/mol. The van der Waals surface area contributed by atoms with E-state index in [-0.39, 0.29) is 5.75 Å². The molecule has 0 unspecified atom stereocenters.